The van der Waals surface area contributed by atoms with E-state index in [2.05, 4.69) is 4.98 Å². The number of aryl methyl sites for hydroxylation is 1. The van der Waals surface area contributed by atoms with Crippen LogP contribution >= 0.6 is 0 Å². The molecule has 1 aromatic heterocycles. The zero-order valence-corrected chi connectivity index (χ0v) is 17.9. The molecule has 2 aromatic rings. The molecule has 2 aliphatic rings. The molecule has 2 unspecified atom stereocenters. The summed E-state index contributed by atoms with van der Waals surface area (Å²) >= 11 is 0. The molecular formula is C23H26F3N3O3. The Morgan fingerprint density at radius 3 is 2.78 bits per heavy atom. The molecule has 4 rings (SSSR count). The highest BCUT2D eigenvalue weighted by Crippen LogP contribution is 2.34. The number of carbonyl (C=O) groups is 2. The third-order valence-electron chi connectivity index (χ3n) is 6.23. The van der Waals surface area contributed by atoms with E-state index in [4.69, 9.17) is 4.74 Å². The number of carbonyl (C=O) groups excluding carboxylic acids is 2. The zero-order chi connectivity index (χ0) is 22.9. The van der Waals surface area contributed by atoms with E-state index in [0.717, 1.165) is 18.3 Å². The molecule has 1 saturated heterocycles. The van der Waals surface area contributed by atoms with Gasteiger partial charge < -0.3 is 14.2 Å². The SMILES string of the molecule is CCOC(=O)C1CCCN(C(=O)c2cn3c(n2)CCC(c2cccc(C(F)(F)F)c2)C3)C1. The van der Waals surface area contributed by atoms with Crippen molar-refractivity contribution in [3.05, 3.63) is 53.1 Å². The van der Waals surface area contributed by atoms with Crippen molar-refractivity contribution in [3.8, 4) is 0 Å². The van der Waals surface area contributed by atoms with Gasteiger partial charge in [-0.05, 0) is 37.8 Å². The summed E-state index contributed by atoms with van der Waals surface area (Å²) < 4.78 is 46.2. The lowest BCUT2D eigenvalue weighted by Crippen LogP contribution is -2.43. The van der Waals surface area contributed by atoms with E-state index in [0.29, 0.717) is 56.8 Å². The summed E-state index contributed by atoms with van der Waals surface area (Å²) in [5, 5.41) is 0. The van der Waals surface area contributed by atoms with Crippen molar-refractivity contribution < 1.29 is 27.5 Å². The van der Waals surface area contributed by atoms with Gasteiger partial charge in [0.15, 0.2) is 0 Å². The predicted octanol–water partition coefficient (Wildman–Crippen LogP) is 4.05. The largest absolute Gasteiger partial charge is 0.466 e. The molecule has 2 aliphatic heterocycles. The maximum absolute atomic E-state index is 13.1. The molecule has 32 heavy (non-hydrogen) atoms. The minimum atomic E-state index is -4.37. The third-order valence-corrected chi connectivity index (χ3v) is 6.23. The van der Waals surface area contributed by atoms with Crippen LogP contribution in [0.1, 0.15) is 59.5 Å². The number of alkyl halides is 3. The summed E-state index contributed by atoms with van der Waals surface area (Å²) in [6.45, 7) is 3.41. The number of esters is 1. The smallest absolute Gasteiger partial charge is 0.416 e. The van der Waals surface area contributed by atoms with Gasteiger partial charge >= 0.3 is 12.1 Å². The predicted molar refractivity (Wildman–Crippen MR) is 110 cm³/mol. The minimum Gasteiger partial charge on any atom is -0.466 e. The number of likely N-dealkylation sites (tertiary alicyclic amines) is 1. The Labute approximate surface area is 184 Å². The van der Waals surface area contributed by atoms with Crippen LogP contribution in [0.15, 0.2) is 30.5 Å². The lowest BCUT2D eigenvalue weighted by Gasteiger charge is -2.31. The third kappa shape index (κ3) is 4.66. The molecule has 3 heterocycles. The van der Waals surface area contributed by atoms with E-state index < -0.39 is 11.7 Å². The number of benzene rings is 1. The molecule has 0 N–H and O–H groups in total. The van der Waals surface area contributed by atoms with Crippen molar-refractivity contribution in [2.45, 2.75) is 51.2 Å². The molecule has 0 spiro atoms. The van der Waals surface area contributed by atoms with Crippen LogP contribution in [0.25, 0.3) is 0 Å². The summed E-state index contributed by atoms with van der Waals surface area (Å²) in [7, 11) is 0. The van der Waals surface area contributed by atoms with Gasteiger partial charge in [-0.15, -0.1) is 0 Å². The molecule has 6 nitrogen and oxygen atoms in total. The molecular weight excluding hydrogens is 423 g/mol. The Morgan fingerprint density at radius 2 is 2.03 bits per heavy atom. The minimum absolute atomic E-state index is 0.0786. The van der Waals surface area contributed by atoms with Crippen LogP contribution in [0, 0.1) is 5.92 Å². The van der Waals surface area contributed by atoms with Crippen molar-refractivity contribution in [1.29, 1.82) is 0 Å². The fourth-order valence-electron chi connectivity index (χ4n) is 4.56. The van der Waals surface area contributed by atoms with Crippen LogP contribution in [0.2, 0.25) is 0 Å². The van der Waals surface area contributed by atoms with Gasteiger partial charge in [-0.2, -0.15) is 13.2 Å². The lowest BCUT2D eigenvalue weighted by molar-refractivity contribution is -0.149. The van der Waals surface area contributed by atoms with E-state index in [1.165, 1.54) is 12.1 Å². The molecule has 0 bridgehead atoms. The van der Waals surface area contributed by atoms with Crippen LogP contribution in [-0.2, 0) is 28.7 Å². The molecule has 1 fully saturated rings. The van der Waals surface area contributed by atoms with E-state index in [1.54, 1.807) is 24.1 Å². The quantitative estimate of drug-likeness (QED) is 0.661. The van der Waals surface area contributed by atoms with Crippen LogP contribution in [0.3, 0.4) is 0 Å². The number of ether oxygens (including phenoxy) is 1. The van der Waals surface area contributed by atoms with E-state index in [-0.39, 0.29) is 23.7 Å². The summed E-state index contributed by atoms with van der Waals surface area (Å²) in [4.78, 5) is 31.2. The van der Waals surface area contributed by atoms with Gasteiger partial charge in [0, 0.05) is 38.2 Å². The molecule has 172 valence electrons. The highest BCUT2D eigenvalue weighted by molar-refractivity contribution is 5.92. The maximum atomic E-state index is 13.1. The highest BCUT2D eigenvalue weighted by Gasteiger charge is 2.33. The number of halogens is 3. The molecule has 2 atom stereocenters. The molecule has 9 heteroatoms. The summed E-state index contributed by atoms with van der Waals surface area (Å²) in [5.74, 6) is -0.148. The zero-order valence-electron chi connectivity index (χ0n) is 17.9. The highest BCUT2D eigenvalue weighted by atomic mass is 19.4. The van der Waals surface area contributed by atoms with Gasteiger partial charge in [0.1, 0.15) is 11.5 Å². The second kappa shape index (κ2) is 8.96. The molecule has 0 saturated carbocycles. The van der Waals surface area contributed by atoms with Gasteiger partial charge in [-0.1, -0.05) is 18.2 Å². The first-order chi connectivity index (χ1) is 15.3. The first kappa shape index (κ1) is 22.4. The van der Waals surface area contributed by atoms with Gasteiger partial charge in [0.25, 0.3) is 5.91 Å². The molecule has 0 aliphatic carbocycles. The normalized spacial score (nSPS) is 21.2. The number of fused-ring (bicyclic) bond motifs is 1. The van der Waals surface area contributed by atoms with Crippen LogP contribution in [-0.4, -0.2) is 46.0 Å². The Hall–Kier alpha value is -2.84. The number of rotatable bonds is 4. The van der Waals surface area contributed by atoms with Crippen molar-refractivity contribution in [2.24, 2.45) is 5.92 Å². The number of aromatic nitrogens is 2. The fourth-order valence-corrected chi connectivity index (χ4v) is 4.56. The Kier molecular flexibility index (Phi) is 6.26. The molecule has 1 aromatic carbocycles. The number of hydrogen-bond donors (Lipinski definition) is 0. The van der Waals surface area contributed by atoms with Gasteiger partial charge in [-0.25, -0.2) is 4.98 Å². The fraction of sp³-hybridized carbons (Fsp3) is 0.522. The number of imidazole rings is 1. The van der Waals surface area contributed by atoms with Crippen LogP contribution in [0.4, 0.5) is 13.2 Å². The summed E-state index contributed by atoms with van der Waals surface area (Å²) in [5.41, 5.74) is 0.304. The topological polar surface area (TPSA) is 64.4 Å². The van der Waals surface area contributed by atoms with E-state index in [9.17, 15) is 22.8 Å². The Balaban J connectivity index is 1.47. The number of nitrogens with zero attached hydrogens (tertiary/aromatic N) is 3. The molecule has 0 radical (unpaired) electrons. The summed E-state index contributed by atoms with van der Waals surface area (Å²) in [6.07, 6.45) is -0.0205. The van der Waals surface area contributed by atoms with Crippen LogP contribution < -0.4 is 0 Å². The first-order valence-electron chi connectivity index (χ1n) is 11.0. The number of piperidine rings is 1. The van der Waals surface area contributed by atoms with Gasteiger partial charge in [0.05, 0.1) is 18.1 Å². The monoisotopic (exact) mass is 449 g/mol. The Bertz CT molecular complexity index is 1000. The second-order valence-corrected chi connectivity index (χ2v) is 8.40. The van der Waals surface area contributed by atoms with Crippen molar-refractivity contribution >= 4 is 11.9 Å². The van der Waals surface area contributed by atoms with Crippen LogP contribution in [0.5, 0.6) is 0 Å². The average Bonchev–Trinajstić information content (AvgIpc) is 3.22. The van der Waals surface area contributed by atoms with Crippen molar-refractivity contribution in [1.82, 2.24) is 14.5 Å². The second-order valence-electron chi connectivity index (χ2n) is 8.40. The Morgan fingerprint density at radius 1 is 1.22 bits per heavy atom. The summed E-state index contributed by atoms with van der Waals surface area (Å²) in [6, 6.07) is 5.44. The number of hydrogen-bond acceptors (Lipinski definition) is 4. The van der Waals surface area contributed by atoms with E-state index in [1.807, 2.05) is 4.57 Å². The lowest BCUT2D eigenvalue weighted by atomic mass is 9.90. The van der Waals surface area contributed by atoms with E-state index >= 15 is 0 Å². The van der Waals surface area contributed by atoms with Crippen molar-refractivity contribution in [3.63, 3.8) is 0 Å². The van der Waals surface area contributed by atoms with Crippen molar-refractivity contribution in [2.75, 3.05) is 19.7 Å². The first-order valence-corrected chi connectivity index (χ1v) is 11.0. The standard InChI is InChI=1S/C23H26F3N3O3/c1-2-32-22(31)17-6-4-10-28(13-17)21(30)19-14-29-12-16(8-9-20(29)27-19)15-5-3-7-18(11-15)23(24,25)26/h3,5,7,11,14,16-17H,2,4,6,8-10,12-13H2,1H3. The molecule has 1 amide bonds. The van der Waals surface area contributed by atoms with Gasteiger partial charge in [-0.3, -0.25) is 9.59 Å². The maximum Gasteiger partial charge on any atom is 0.416 e. The van der Waals surface area contributed by atoms with Gasteiger partial charge in [0.2, 0.25) is 0 Å². The average molecular weight is 449 g/mol. The number of amides is 1.